The normalized spacial score (nSPS) is 22.9. The van der Waals surface area contributed by atoms with Gasteiger partial charge in [-0.1, -0.05) is 17.8 Å². The van der Waals surface area contributed by atoms with Crippen LogP contribution in [-0.2, 0) is 14.8 Å². The van der Waals surface area contributed by atoms with E-state index in [1.54, 1.807) is 0 Å². The number of aromatic nitrogens is 2. The molecule has 2 rings (SSSR count). The van der Waals surface area contributed by atoms with Gasteiger partial charge in [0.25, 0.3) is 10.0 Å². The first-order valence-corrected chi connectivity index (χ1v) is 8.55. The summed E-state index contributed by atoms with van der Waals surface area (Å²) in [4.78, 5) is 10.9. The summed E-state index contributed by atoms with van der Waals surface area (Å²) in [5, 5.41) is 9.75. The van der Waals surface area contributed by atoms with Crippen molar-refractivity contribution in [2.75, 3.05) is 11.9 Å². The lowest BCUT2D eigenvalue weighted by Crippen LogP contribution is -2.35. The van der Waals surface area contributed by atoms with Gasteiger partial charge >= 0.3 is 0 Å². The predicted octanol–water partition coefficient (Wildman–Crippen LogP) is -0.0978. The molecule has 1 aliphatic rings. The van der Waals surface area contributed by atoms with E-state index in [2.05, 4.69) is 20.2 Å². The third-order valence-electron chi connectivity index (χ3n) is 3.17. The molecule has 0 aromatic carbocycles. The van der Waals surface area contributed by atoms with Crippen molar-refractivity contribution in [1.29, 1.82) is 0 Å². The first-order chi connectivity index (χ1) is 9.38. The molecule has 1 aromatic rings. The highest BCUT2D eigenvalue weighted by Crippen LogP contribution is 2.24. The summed E-state index contributed by atoms with van der Waals surface area (Å²) in [7, 11) is -3.70. The van der Waals surface area contributed by atoms with Gasteiger partial charge in [-0.2, -0.15) is 0 Å². The van der Waals surface area contributed by atoms with E-state index >= 15 is 0 Å². The van der Waals surface area contributed by atoms with Crippen molar-refractivity contribution < 1.29 is 13.2 Å². The Bertz CT molecular complexity index is 585. The highest BCUT2D eigenvalue weighted by atomic mass is 32.2. The monoisotopic (exact) mass is 319 g/mol. The molecule has 1 saturated carbocycles. The Morgan fingerprint density at radius 3 is 2.80 bits per heavy atom. The summed E-state index contributed by atoms with van der Waals surface area (Å²) in [6.07, 6.45) is 2.88. The molecule has 0 bridgehead atoms. The maximum Gasteiger partial charge on any atom is 0.269 e. The van der Waals surface area contributed by atoms with E-state index in [0.29, 0.717) is 6.54 Å². The number of anilines is 1. The number of amides is 1. The van der Waals surface area contributed by atoms with Crippen LogP contribution in [0.4, 0.5) is 5.13 Å². The van der Waals surface area contributed by atoms with Crippen LogP contribution in [0.1, 0.15) is 26.2 Å². The Balaban J connectivity index is 1.99. The zero-order chi connectivity index (χ0) is 14.8. The number of hydrogen-bond acceptors (Lipinski definition) is 7. The van der Waals surface area contributed by atoms with Crippen molar-refractivity contribution in [2.24, 2.45) is 11.7 Å². The number of sulfonamides is 1. The Morgan fingerprint density at radius 1 is 1.45 bits per heavy atom. The minimum atomic E-state index is -3.70. The first kappa shape index (κ1) is 15.3. The Kier molecular flexibility index (Phi) is 4.68. The van der Waals surface area contributed by atoms with Gasteiger partial charge < -0.3 is 11.1 Å². The number of nitrogens with one attached hydrogen (secondary N) is 2. The molecule has 8 nitrogen and oxygen atoms in total. The average Bonchev–Trinajstić information content (AvgIpc) is 2.95. The summed E-state index contributed by atoms with van der Waals surface area (Å²) in [6, 6.07) is 0.0436. The molecule has 20 heavy (non-hydrogen) atoms. The van der Waals surface area contributed by atoms with E-state index in [0.717, 1.165) is 30.6 Å². The molecule has 10 heteroatoms. The molecule has 2 atom stereocenters. The lowest BCUT2D eigenvalue weighted by Gasteiger charge is -2.14. The second-order valence-electron chi connectivity index (χ2n) is 4.76. The van der Waals surface area contributed by atoms with Crippen molar-refractivity contribution in [3.63, 3.8) is 0 Å². The van der Waals surface area contributed by atoms with Gasteiger partial charge in [0.15, 0.2) is 0 Å². The predicted molar refractivity (Wildman–Crippen MR) is 74.7 cm³/mol. The van der Waals surface area contributed by atoms with Gasteiger partial charge in [-0.15, -0.1) is 10.2 Å². The van der Waals surface area contributed by atoms with Crippen LogP contribution in [0.2, 0.25) is 0 Å². The van der Waals surface area contributed by atoms with Gasteiger partial charge in [0.1, 0.15) is 0 Å². The van der Waals surface area contributed by atoms with Crippen LogP contribution >= 0.6 is 11.3 Å². The molecular formula is C10H17N5O3S2. The average molecular weight is 319 g/mol. The summed E-state index contributed by atoms with van der Waals surface area (Å²) in [5.74, 6) is -0.164. The number of nitrogens with two attached hydrogens (primary N) is 1. The molecular weight excluding hydrogens is 302 g/mol. The van der Waals surface area contributed by atoms with Crippen molar-refractivity contribution in [1.82, 2.24) is 14.9 Å². The quantitative estimate of drug-likeness (QED) is 0.650. The van der Waals surface area contributed by atoms with Crippen molar-refractivity contribution in [2.45, 2.75) is 36.6 Å². The van der Waals surface area contributed by atoms with E-state index in [9.17, 15) is 13.2 Å². The van der Waals surface area contributed by atoms with Crippen LogP contribution in [-0.4, -0.2) is 37.1 Å². The maximum atomic E-state index is 12.0. The molecule has 1 aliphatic carbocycles. The summed E-state index contributed by atoms with van der Waals surface area (Å²) < 4.78 is 26.4. The van der Waals surface area contributed by atoms with E-state index in [-0.39, 0.29) is 27.3 Å². The molecule has 4 N–H and O–H groups in total. The third kappa shape index (κ3) is 3.72. The Morgan fingerprint density at radius 2 is 2.20 bits per heavy atom. The molecule has 0 radical (unpaired) electrons. The van der Waals surface area contributed by atoms with E-state index < -0.39 is 10.0 Å². The van der Waals surface area contributed by atoms with Gasteiger partial charge in [-0.3, -0.25) is 4.79 Å². The number of rotatable bonds is 5. The maximum absolute atomic E-state index is 12.0. The molecule has 112 valence electrons. The second kappa shape index (κ2) is 6.12. The van der Waals surface area contributed by atoms with Crippen LogP contribution in [0.15, 0.2) is 4.34 Å². The van der Waals surface area contributed by atoms with Crippen molar-refractivity contribution >= 4 is 32.4 Å². The Hall–Kier alpha value is -1.10. The smallest absolute Gasteiger partial charge is 0.269 e. The minimum Gasteiger partial charge on any atom is -0.327 e. The second-order valence-corrected chi connectivity index (χ2v) is 7.68. The first-order valence-electron chi connectivity index (χ1n) is 6.25. The fourth-order valence-electron chi connectivity index (χ4n) is 2.12. The molecule has 1 aromatic heterocycles. The highest BCUT2D eigenvalue weighted by molar-refractivity contribution is 7.91. The minimum absolute atomic E-state index is 0.0436. The van der Waals surface area contributed by atoms with Gasteiger partial charge in [0, 0.05) is 19.5 Å². The van der Waals surface area contributed by atoms with Crippen molar-refractivity contribution in [3.05, 3.63) is 0 Å². The van der Waals surface area contributed by atoms with Crippen LogP contribution in [0.3, 0.4) is 0 Å². The zero-order valence-electron chi connectivity index (χ0n) is 11.0. The number of carbonyl (C=O) groups excluding carboxylic acids is 1. The molecule has 0 spiro atoms. The highest BCUT2D eigenvalue weighted by Gasteiger charge is 2.27. The standard InChI is InChI=1S/C10H17N5O3S2/c1-6(16)13-9-14-15-10(19-9)20(17,18)12-5-7-3-2-4-8(7)11/h7-8,12H,2-5,11H2,1H3,(H,13,14,16). The van der Waals surface area contributed by atoms with Crippen LogP contribution < -0.4 is 15.8 Å². The topological polar surface area (TPSA) is 127 Å². The van der Waals surface area contributed by atoms with E-state index in [4.69, 9.17) is 5.73 Å². The summed E-state index contributed by atoms with van der Waals surface area (Å²) >= 11 is 0.816. The van der Waals surface area contributed by atoms with Crippen LogP contribution in [0.5, 0.6) is 0 Å². The molecule has 0 saturated heterocycles. The van der Waals surface area contributed by atoms with Gasteiger partial charge in [0.2, 0.25) is 15.4 Å². The summed E-state index contributed by atoms with van der Waals surface area (Å²) in [6.45, 7) is 1.62. The molecule has 1 fully saturated rings. The number of hydrogen-bond donors (Lipinski definition) is 3. The lowest BCUT2D eigenvalue weighted by molar-refractivity contribution is -0.114. The third-order valence-corrected chi connectivity index (χ3v) is 5.80. The fraction of sp³-hybridized carbons (Fsp3) is 0.700. The SMILES string of the molecule is CC(=O)Nc1nnc(S(=O)(=O)NCC2CCCC2N)s1. The number of carbonyl (C=O) groups is 1. The molecule has 2 unspecified atom stereocenters. The summed E-state index contributed by atoms with van der Waals surface area (Å²) in [5.41, 5.74) is 5.90. The van der Waals surface area contributed by atoms with E-state index in [1.807, 2.05) is 0 Å². The number of nitrogens with zero attached hydrogens (tertiary/aromatic N) is 2. The molecule has 0 aliphatic heterocycles. The van der Waals surface area contributed by atoms with E-state index in [1.165, 1.54) is 6.92 Å². The van der Waals surface area contributed by atoms with Gasteiger partial charge in [-0.25, -0.2) is 13.1 Å². The largest absolute Gasteiger partial charge is 0.327 e. The fourth-order valence-corrected chi connectivity index (χ4v) is 4.20. The van der Waals surface area contributed by atoms with Gasteiger partial charge in [-0.05, 0) is 18.8 Å². The van der Waals surface area contributed by atoms with Crippen LogP contribution in [0, 0.1) is 5.92 Å². The lowest BCUT2D eigenvalue weighted by atomic mass is 10.1. The van der Waals surface area contributed by atoms with Crippen molar-refractivity contribution in [3.8, 4) is 0 Å². The van der Waals surface area contributed by atoms with Gasteiger partial charge in [0.05, 0.1) is 0 Å². The zero-order valence-corrected chi connectivity index (χ0v) is 12.6. The van der Waals surface area contributed by atoms with Crippen LogP contribution in [0.25, 0.3) is 0 Å². The Labute approximate surface area is 121 Å². The molecule has 1 amide bonds. The molecule has 1 heterocycles.